The van der Waals surface area contributed by atoms with Crippen molar-refractivity contribution in [2.75, 3.05) is 17.4 Å². The second kappa shape index (κ2) is 5.93. The normalized spacial score (nSPS) is 10.3. The maximum Gasteiger partial charge on any atom is 0.260 e. The third-order valence-corrected chi connectivity index (χ3v) is 3.29. The summed E-state index contributed by atoms with van der Waals surface area (Å²) in [4.78, 5) is 14.0. The number of nitrogens with zero attached hydrogens (tertiary/aromatic N) is 1. The fourth-order valence-corrected chi connectivity index (χ4v) is 2.29. The topological polar surface area (TPSA) is 58.4 Å². The lowest BCUT2D eigenvalue weighted by Gasteiger charge is -2.20. The molecule has 0 unspecified atom stereocenters. The zero-order valence-electron chi connectivity index (χ0n) is 12.3. The minimum Gasteiger partial charge on any atom is -0.321 e. The number of anilines is 2. The van der Waals surface area contributed by atoms with Gasteiger partial charge >= 0.3 is 0 Å². The Morgan fingerprint density at radius 1 is 1.19 bits per heavy atom. The Balaban J connectivity index is 2.42. The molecule has 0 saturated carbocycles. The fraction of sp³-hybridized carbons (Fsp3) is 0.188. The molecule has 0 heterocycles. The molecular weight excluding hydrogens is 269 g/mol. The first-order chi connectivity index (χ1) is 9.93. The van der Waals surface area contributed by atoms with Gasteiger partial charge in [-0.25, -0.2) is 4.39 Å². The number of para-hydroxylation sites is 1. The van der Waals surface area contributed by atoms with E-state index in [9.17, 15) is 9.18 Å². The first kappa shape index (κ1) is 15.0. The number of carbonyl (C=O) groups is 1. The van der Waals surface area contributed by atoms with Crippen LogP contribution in [0.2, 0.25) is 0 Å². The summed E-state index contributed by atoms with van der Waals surface area (Å²) in [5.74, 6) is 4.43. The smallest absolute Gasteiger partial charge is 0.260 e. The Hall–Kier alpha value is -2.40. The van der Waals surface area contributed by atoms with Crippen molar-refractivity contribution < 1.29 is 9.18 Å². The molecule has 0 aliphatic rings. The van der Waals surface area contributed by atoms with Crippen LogP contribution in [-0.4, -0.2) is 13.0 Å². The van der Waals surface area contributed by atoms with E-state index in [4.69, 9.17) is 5.84 Å². The Morgan fingerprint density at radius 2 is 1.81 bits per heavy atom. The van der Waals surface area contributed by atoms with Gasteiger partial charge in [0.25, 0.3) is 5.91 Å². The number of nitrogens with one attached hydrogen (secondary N) is 1. The zero-order valence-corrected chi connectivity index (χ0v) is 12.3. The van der Waals surface area contributed by atoms with Gasteiger partial charge in [0.05, 0.1) is 11.3 Å². The van der Waals surface area contributed by atoms with E-state index in [0.29, 0.717) is 0 Å². The number of rotatable bonds is 3. The number of hydrogen-bond donors (Lipinski definition) is 2. The third kappa shape index (κ3) is 3.03. The lowest BCUT2D eigenvalue weighted by Crippen LogP contribution is -2.28. The Morgan fingerprint density at radius 3 is 2.38 bits per heavy atom. The molecule has 0 fully saturated rings. The van der Waals surface area contributed by atoms with Gasteiger partial charge in [-0.1, -0.05) is 12.1 Å². The van der Waals surface area contributed by atoms with Crippen molar-refractivity contribution in [2.45, 2.75) is 13.8 Å². The van der Waals surface area contributed by atoms with E-state index in [1.54, 1.807) is 13.1 Å². The number of benzene rings is 2. The minimum atomic E-state index is -0.558. The van der Waals surface area contributed by atoms with E-state index in [1.807, 2.05) is 32.0 Å². The molecule has 0 aromatic heterocycles. The Bertz CT molecular complexity index is 665. The molecule has 0 aliphatic heterocycles. The van der Waals surface area contributed by atoms with E-state index in [-0.39, 0.29) is 17.2 Å². The Kier molecular flexibility index (Phi) is 4.23. The molecule has 0 atom stereocenters. The molecule has 1 amide bonds. The van der Waals surface area contributed by atoms with Crippen LogP contribution in [0.3, 0.4) is 0 Å². The molecule has 3 N–H and O–H groups in total. The summed E-state index contributed by atoms with van der Waals surface area (Å²) in [5.41, 5.74) is 5.31. The SMILES string of the molecule is Cc1cc(C)cc(N(C)C(=O)c2cccc(F)c2NN)c1. The van der Waals surface area contributed by atoms with Crippen molar-refractivity contribution in [1.29, 1.82) is 0 Å². The number of carbonyl (C=O) groups excluding carboxylic acids is 1. The number of amides is 1. The Labute approximate surface area is 123 Å². The van der Waals surface area contributed by atoms with Crippen LogP contribution in [0.4, 0.5) is 15.8 Å². The van der Waals surface area contributed by atoms with Gasteiger partial charge < -0.3 is 10.3 Å². The number of hydrazine groups is 1. The van der Waals surface area contributed by atoms with Gasteiger partial charge in [-0.05, 0) is 49.2 Å². The highest BCUT2D eigenvalue weighted by Gasteiger charge is 2.19. The van der Waals surface area contributed by atoms with Crippen molar-refractivity contribution in [3.05, 3.63) is 58.9 Å². The summed E-state index contributed by atoms with van der Waals surface area (Å²) < 4.78 is 13.7. The van der Waals surface area contributed by atoms with Crippen LogP contribution >= 0.6 is 0 Å². The molecule has 0 aliphatic carbocycles. The summed E-state index contributed by atoms with van der Waals surface area (Å²) in [6, 6.07) is 10.1. The van der Waals surface area contributed by atoms with Crippen LogP contribution in [0.15, 0.2) is 36.4 Å². The van der Waals surface area contributed by atoms with Gasteiger partial charge in [-0.2, -0.15) is 0 Å². The van der Waals surface area contributed by atoms with Crippen molar-refractivity contribution in [1.82, 2.24) is 0 Å². The van der Waals surface area contributed by atoms with E-state index in [1.165, 1.54) is 17.0 Å². The molecule has 0 spiro atoms. The lowest BCUT2D eigenvalue weighted by molar-refractivity contribution is 0.0993. The summed E-state index contributed by atoms with van der Waals surface area (Å²) in [6.45, 7) is 3.92. The number of nitrogens with two attached hydrogens (primary N) is 1. The highest BCUT2D eigenvalue weighted by Crippen LogP contribution is 2.24. The van der Waals surface area contributed by atoms with Crippen molar-refractivity contribution >= 4 is 17.3 Å². The molecule has 5 heteroatoms. The molecule has 4 nitrogen and oxygen atoms in total. The molecule has 0 bridgehead atoms. The maximum absolute atomic E-state index is 13.7. The number of halogens is 1. The van der Waals surface area contributed by atoms with Crippen LogP contribution in [-0.2, 0) is 0 Å². The van der Waals surface area contributed by atoms with Gasteiger partial charge in [-0.15, -0.1) is 0 Å². The molecule has 2 aromatic carbocycles. The van der Waals surface area contributed by atoms with E-state index in [2.05, 4.69) is 5.43 Å². The predicted molar refractivity (Wildman–Crippen MR) is 82.9 cm³/mol. The molecule has 21 heavy (non-hydrogen) atoms. The molecular formula is C16H18FN3O. The van der Waals surface area contributed by atoms with Crippen molar-refractivity contribution in [3.63, 3.8) is 0 Å². The summed E-state index contributed by atoms with van der Waals surface area (Å²) in [5, 5.41) is 0. The second-order valence-corrected chi connectivity index (χ2v) is 5.02. The average molecular weight is 287 g/mol. The molecule has 110 valence electrons. The number of hydrogen-bond acceptors (Lipinski definition) is 3. The highest BCUT2D eigenvalue weighted by molar-refractivity contribution is 6.09. The molecule has 0 saturated heterocycles. The van der Waals surface area contributed by atoms with E-state index in [0.717, 1.165) is 16.8 Å². The maximum atomic E-state index is 13.7. The summed E-state index contributed by atoms with van der Waals surface area (Å²) in [6.07, 6.45) is 0. The number of aryl methyl sites for hydroxylation is 2. The predicted octanol–water partition coefficient (Wildman–Crippen LogP) is 3.00. The molecule has 2 aromatic rings. The van der Waals surface area contributed by atoms with Crippen LogP contribution in [0.5, 0.6) is 0 Å². The quantitative estimate of drug-likeness (QED) is 0.674. The molecule has 2 rings (SSSR count). The van der Waals surface area contributed by atoms with Gasteiger partial charge in [-0.3, -0.25) is 10.6 Å². The van der Waals surface area contributed by atoms with Gasteiger partial charge in [0.15, 0.2) is 0 Å². The first-order valence-corrected chi connectivity index (χ1v) is 6.55. The van der Waals surface area contributed by atoms with Crippen molar-refractivity contribution in [3.8, 4) is 0 Å². The summed E-state index contributed by atoms with van der Waals surface area (Å²) in [7, 11) is 1.65. The van der Waals surface area contributed by atoms with Crippen LogP contribution in [0.25, 0.3) is 0 Å². The average Bonchev–Trinajstić information content (AvgIpc) is 2.44. The fourth-order valence-electron chi connectivity index (χ4n) is 2.29. The van der Waals surface area contributed by atoms with Crippen molar-refractivity contribution in [2.24, 2.45) is 5.84 Å². The zero-order chi connectivity index (χ0) is 15.6. The van der Waals surface area contributed by atoms with Gasteiger partial charge in [0.1, 0.15) is 5.82 Å². The van der Waals surface area contributed by atoms with Crippen LogP contribution < -0.4 is 16.2 Å². The van der Waals surface area contributed by atoms with Gasteiger partial charge in [0, 0.05) is 12.7 Å². The monoisotopic (exact) mass is 287 g/mol. The van der Waals surface area contributed by atoms with E-state index >= 15 is 0 Å². The minimum absolute atomic E-state index is 0.00118. The van der Waals surface area contributed by atoms with E-state index < -0.39 is 5.82 Å². The van der Waals surface area contributed by atoms with Crippen LogP contribution in [0.1, 0.15) is 21.5 Å². The third-order valence-electron chi connectivity index (χ3n) is 3.29. The summed E-state index contributed by atoms with van der Waals surface area (Å²) >= 11 is 0. The lowest BCUT2D eigenvalue weighted by atomic mass is 10.1. The largest absolute Gasteiger partial charge is 0.321 e. The second-order valence-electron chi connectivity index (χ2n) is 5.02. The molecule has 0 radical (unpaired) electrons. The standard InChI is InChI=1S/C16H18FN3O/c1-10-7-11(2)9-12(8-10)20(3)16(21)13-5-4-6-14(17)15(13)19-18/h4-9,19H,18H2,1-3H3. The first-order valence-electron chi connectivity index (χ1n) is 6.55. The van der Waals surface area contributed by atoms with Crippen LogP contribution in [0, 0.1) is 19.7 Å². The van der Waals surface area contributed by atoms with Gasteiger partial charge in [0.2, 0.25) is 0 Å². The number of nitrogen functional groups attached to an aromatic ring is 1. The highest BCUT2D eigenvalue weighted by atomic mass is 19.1.